The highest BCUT2D eigenvalue weighted by molar-refractivity contribution is 5.98. The van der Waals surface area contributed by atoms with Crippen LogP contribution in [0.2, 0.25) is 0 Å². The lowest BCUT2D eigenvalue weighted by molar-refractivity contribution is 0.0948. The summed E-state index contributed by atoms with van der Waals surface area (Å²) < 4.78 is 13.5. The summed E-state index contributed by atoms with van der Waals surface area (Å²) in [5, 5.41) is 5.32. The summed E-state index contributed by atoms with van der Waals surface area (Å²) in [6, 6.07) is 9.16. The van der Waals surface area contributed by atoms with Gasteiger partial charge in [0.2, 0.25) is 0 Å². The number of amides is 2. The van der Waals surface area contributed by atoms with E-state index in [1.165, 1.54) is 24.4 Å². The van der Waals surface area contributed by atoms with E-state index >= 15 is 0 Å². The molecular weight excluding hydrogens is 297 g/mol. The molecule has 0 bridgehead atoms. The summed E-state index contributed by atoms with van der Waals surface area (Å²) >= 11 is 0. The molecule has 2 aromatic rings. The van der Waals surface area contributed by atoms with Gasteiger partial charge in [0.1, 0.15) is 11.5 Å². The Kier molecular flexibility index (Phi) is 5.80. The zero-order valence-electron chi connectivity index (χ0n) is 12.8. The minimum absolute atomic E-state index is 0.0746. The summed E-state index contributed by atoms with van der Waals surface area (Å²) in [6.07, 6.45) is 2.22. The van der Waals surface area contributed by atoms with E-state index in [-0.39, 0.29) is 29.9 Å². The predicted octanol–water partition coefficient (Wildman–Crippen LogP) is 2.29. The van der Waals surface area contributed by atoms with E-state index in [9.17, 15) is 14.0 Å². The maximum atomic E-state index is 13.5. The van der Waals surface area contributed by atoms with Crippen molar-refractivity contribution in [3.63, 3.8) is 0 Å². The second-order valence-corrected chi connectivity index (χ2v) is 4.96. The fourth-order valence-corrected chi connectivity index (χ4v) is 1.94. The molecule has 0 saturated heterocycles. The van der Waals surface area contributed by atoms with Gasteiger partial charge in [-0.3, -0.25) is 14.6 Å². The average molecular weight is 315 g/mol. The first-order chi connectivity index (χ1) is 11.1. The van der Waals surface area contributed by atoms with Crippen LogP contribution in [0.5, 0.6) is 0 Å². The van der Waals surface area contributed by atoms with Crippen LogP contribution in [0, 0.1) is 5.82 Å². The normalized spacial score (nSPS) is 10.2. The van der Waals surface area contributed by atoms with Crippen LogP contribution in [0.25, 0.3) is 0 Å². The molecule has 2 N–H and O–H groups in total. The van der Waals surface area contributed by atoms with E-state index in [4.69, 9.17) is 0 Å². The van der Waals surface area contributed by atoms with Crippen molar-refractivity contribution in [3.05, 3.63) is 65.2 Å². The fraction of sp³-hybridized carbons (Fsp3) is 0.235. The average Bonchev–Trinajstić information content (AvgIpc) is 2.58. The number of carbonyl (C=O) groups excluding carboxylic acids is 2. The zero-order valence-corrected chi connectivity index (χ0v) is 12.8. The fourth-order valence-electron chi connectivity index (χ4n) is 1.94. The Morgan fingerprint density at radius 2 is 1.91 bits per heavy atom. The lowest BCUT2D eigenvalue weighted by atomic mass is 10.2. The summed E-state index contributed by atoms with van der Waals surface area (Å²) in [5.74, 6) is -1.09. The highest BCUT2D eigenvalue weighted by Gasteiger charge is 2.12. The number of halogens is 1. The van der Waals surface area contributed by atoms with Crippen LogP contribution in [-0.2, 0) is 6.54 Å². The summed E-state index contributed by atoms with van der Waals surface area (Å²) in [7, 11) is 0. The molecular formula is C17H18FN3O2. The second-order valence-electron chi connectivity index (χ2n) is 4.96. The SMILES string of the molecule is CCCNC(=O)c1cc(C(=O)NCc2ccccc2F)ccn1. The Morgan fingerprint density at radius 3 is 2.65 bits per heavy atom. The van der Waals surface area contributed by atoms with Gasteiger partial charge in [-0.25, -0.2) is 4.39 Å². The molecule has 2 rings (SSSR count). The molecule has 1 aromatic heterocycles. The minimum atomic E-state index is -0.389. The molecule has 0 saturated carbocycles. The maximum Gasteiger partial charge on any atom is 0.269 e. The molecule has 6 heteroatoms. The maximum absolute atomic E-state index is 13.5. The van der Waals surface area contributed by atoms with Gasteiger partial charge in [-0.2, -0.15) is 0 Å². The standard InChI is InChI=1S/C17H18FN3O2/c1-2-8-20-17(23)15-10-12(7-9-19-15)16(22)21-11-13-5-3-4-6-14(13)18/h3-7,9-10H,2,8,11H2,1H3,(H,20,23)(H,21,22). The number of pyridine rings is 1. The lowest BCUT2D eigenvalue weighted by Crippen LogP contribution is -2.27. The molecule has 0 atom stereocenters. The quantitative estimate of drug-likeness (QED) is 0.859. The van der Waals surface area contributed by atoms with E-state index < -0.39 is 0 Å². The molecule has 0 aliphatic heterocycles. The number of aromatic nitrogens is 1. The number of carbonyl (C=O) groups is 2. The van der Waals surface area contributed by atoms with Crippen molar-refractivity contribution >= 4 is 11.8 Å². The van der Waals surface area contributed by atoms with Gasteiger partial charge >= 0.3 is 0 Å². The third-order valence-corrected chi connectivity index (χ3v) is 3.19. The van der Waals surface area contributed by atoms with Gasteiger partial charge in [0.25, 0.3) is 11.8 Å². The van der Waals surface area contributed by atoms with Gasteiger partial charge in [0, 0.05) is 30.4 Å². The van der Waals surface area contributed by atoms with Gasteiger partial charge in [0.05, 0.1) is 0 Å². The molecule has 1 aromatic carbocycles. The van der Waals surface area contributed by atoms with Crippen molar-refractivity contribution in [2.45, 2.75) is 19.9 Å². The van der Waals surface area contributed by atoms with Gasteiger partial charge < -0.3 is 10.6 Å². The minimum Gasteiger partial charge on any atom is -0.351 e. The van der Waals surface area contributed by atoms with Crippen LogP contribution in [0.15, 0.2) is 42.6 Å². The Hall–Kier alpha value is -2.76. The molecule has 23 heavy (non-hydrogen) atoms. The van der Waals surface area contributed by atoms with E-state index in [0.29, 0.717) is 17.7 Å². The van der Waals surface area contributed by atoms with Crippen molar-refractivity contribution in [1.29, 1.82) is 0 Å². The van der Waals surface area contributed by atoms with Crippen LogP contribution in [0.3, 0.4) is 0 Å². The molecule has 0 aliphatic rings. The first-order valence-corrected chi connectivity index (χ1v) is 7.37. The largest absolute Gasteiger partial charge is 0.351 e. The molecule has 0 aliphatic carbocycles. The second kappa shape index (κ2) is 8.03. The van der Waals surface area contributed by atoms with Crippen molar-refractivity contribution in [1.82, 2.24) is 15.6 Å². The first kappa shape index (κ1) is 16.6. The Morgan fingerprint density at radius 1 is 1.13 bits per heavy atom. The Labute approximate surface area is 133 Å². The van der Waals surface area contributed by atoms with Crippen LogP contribution < -0.4 is 10.6 Å². The smallest absolute Gasteiger partial charge is 0.269 e. The summed E-state index contributed by atoms with van der Waals surface area (Å²) in [6.45, 7) is 2.57. The summed E-state index contributed by atoms with van der Waals surface area (Å²) in [4.78, 5) is 27.9. The van der Waals surface area contributed by atoms with Crippen LogP contribution in [0.1, 0.15) is 39.8 Å². The van der Waals surface area contributed by atoms with E-state index in [2.05, 4.69) is 15.6 Å². The number of nitrogens with zero attached hydrogens (tertiary/aromatic N) is 1. The Bertz CT molecular complexity index is 704. The number of benzene rings is 1. The van der Waals surface area contributed by atoms with Crippen molar-refractivity contribution in [3.8, 4) is 0 Å². The number of nitrogens with one attached hydrogen (secondary N) is 2. The molecule has 5 nitrogen and oxygen atoms in total. The Balaban J connectivity index is 2.02. The monoisotopic (exact) mass is 315 g/mol. The molecule has 0 fully saturated rings. The van der Waals surface area contributed by atoms with Crippen LogP contribution in [-0.4, -0.2) is 23.3 Å². The topological polar surface area (TPSA) is 71.1 Å². The molecule has 0 spiro atoms. The third-order valence-electron chi connectivity index (χ3n) is 3.19. The van der Waals surface area contributed by atoms with Crippen molar-refractivity contribution < 1.29 is 14.0 Å². The van der Waals surface area contributed by atoms with Crippen LogP contribution in [0.4, 0.5) is 4.39 Å². The first-order valence-electron chi connectivity index (χ1n) is 7.37. The van der Waals surface area contributed by atoms with Crippen molar-refractivity contribution in [2.75, 3.05) is 6.54 Å². The van der Waals surface area contributed by atoms with E-state index in [1.54, 1.807) is 18.2 Å². The van der Waals surface area contributed by atoms with Gasteiger partial charge in [-0.05, 0) is 24.6 Å². The van der Waals surface area contributed by atoms with Crippen molar-refractivity contribution in [2.24, 2.45) is 0 Å². The molecule has 120 valence electrons. The van der Waals surface area contributed by atoms with Gasteiger partial charge in [-0.15, -0.1) is 0 Å². The highest BCUT2D eigenvalue weighted by atomic mass is 19.1. The van der Waals surface area contributed by atoms with Gasteiger partial charge in [0.15, 0.2) is 0 Å². The number of rotatable bonds is 6. The van der Waals surface area contributed by atoms with E-state index in [0.717, 1.165) is 6.42 Å². The van der Waals surface area contributed by atoms with Crippen LogP contribution >= 0.6 is 0 Å². The molecule has 0 radical (unpaired) electrons. The molecule has 1 heterocycles. The third kappa shape index (κ3) is 4.60. The van der Waals surface area contributed by atoms with Gasteiger partial charge in [-0.1, -0.05) is 25.1 Å². The lowest BCUT2D eigenvalue weighted by Gasteiger charge is -2.07. The predicted molar refractivity (Wildman–Crippen MR) is 84.4 cm³/mol. The highest BCUT2D eigenvalue weighted by Crippen LogP contribution is 2.07. The molecule has 2 amide bonds. The molecule has 0 unspecified atom stereocenters. The zero-order chi connectivity index (χ0) is 16.7. The summed E-state index contributed by atoms with van der Waals surface area (Å²) in [5.41, 5.74) is 0.880. The number of hydrogen-bond donors (Lipinski definition) is 2. The number of hydrogen-bond acceptors (Lipinski definition) is 3. The van der Waals surface area contributed by atoms with E-state index in [1.807, 2.05) is 6.92 Å².